The van der Waals surface area contributed by atoms with Crippen molar-refractivity contribution in [2.75, 3.05) is 13.7 Å². The highest BCUT2D eigenvalue weighted by Gasteiger charge is 2.62. The number of aromatic amines is 1. The molecule has 0 aromatic carbocycles. The van der Waals surface area contributed by atoms with Crippen molar-refractivity contribution in [1.29, 1.82) is 0 Å². The van der Waals surface area contributed by atoms with Crippen LogP contribution in [0.2, 0.25) is 0 Å². The number of nitrogens with zero attached hydrogens (tertiary/aromatic N) is 1. The number of ether oxygens (including phenoxy) is 3. The first-order chi connectivity index (χ1) is 15.6. The van der Waals surface area contributed by atoms with Gasteiger partial charge in [0, 0.05) is 13.5 Å². The lowest BCUT2D eigenvalue weighted by atomic mass is 9.88. The first kappa shape index (κ1) is 26.0. The van der Waals surface area contributed by atoms with E-state index in [1.807, 2.05) is 13.8 Å². The number of epoxide rings is 1. The number of H-pyrrole nitrogens is 1. The molecular formula is C22H33N2O8P. The molecule has 33 heavy (non-hydrogen) atoms. The standard InChI is InChI=1S/C22H33N2O8P/c1-6-10-14-17(23-12-16(25)24-14)19-20(29-5)18(26)15(31-19)11-21(7-2,8-3)32-33(27,28)22(9-4)13-30-22/h12,15,18-20,26H,7-9,11,13H2,1-5H3,(H,24,25)(H,27,28). The van der Waals surface area contributed by atoms with Crippen molar-refractivity contribution in [3.63, 3.8) is 0 Å². The maximum atomic E-state index is 13.1. The zero-order valence-corrected chi connectivity index (χ0v) is 20.6. The first-order valence-electron chi connectivity index (χ1n) is 11.2. The predicted molar refractivity (Wildman–Crippen MR) is 120 cm³/mol. The quantitative estimate of drug-likeness (QED) is 0.259. The van der Waals surface area contributed by atoms with Gasteiger partial charge in [-0.15, -0.1) is 0 Å². The summed E-state index contributed by atoms with van der Waals surface area (Å²) < 4.78 is 36.0. The van der Waals surface area contributed by atoms with Crippen LogP contribution in [0.15, 0.2) is 11.0 Å². The lowest BCUT2D eigenvalue weighted by Crippen LogP contribution is -2.41. The summed E-state index contributed by atoms with van der Waals surface area (Å²) >= 11 is 0. The fraction of sp³-hybridized carbons (Fsp3) is 0.727. The maximum absolute atomic E-state index is 13.1. The highest BCUT2D eigenvalue weighted by molar-refractivity contribution is 7.54. The fourth-order valence-electron chi connectivity index (χ4n) is 4.30. The molecule has 0 amide bonds. The van der Waals surface area contributed by atoms with E-state index < -0.39 is 48.5 Å². The fourth-order valence-corrected chi connectivity index (χ4v) is 6.12. The summed E-state index contributed by atoms with van der Waals surface area (Å²) in [5.41, 5.74) is -0.798. The van der Waals surface area contributed by atoms with Gasteiger partial charge in [0.15, 0.2) is 5.34 Å². The van der Waals surface area contributed by atoms with Gasteiger partial charge in [-0.05, 0) is 32.1 Å². The summed E-state index contributed by atoms with van der Waals surface area (Å²) in [5, 5.41) is 9.87. The Bertz CT molecular complexity index is 1010. The average Bonchev–Trinajstić information content (AvgIpc) is 3.54. The molecular weight excluding hydrogens is 451 g/mol. The molecule has 2 aliphatic rings. The molecule has 0 bridgehead atoms. The number of rotatable bonds is 10. The van der Waals surface area contributed by atoms with E-state index in [-0.39, 0.29) is 18.7 Å². The second-order valence-electron chi connectivity index (χ2n) is 8.46. The Morgan fingerprint density at radius 2 is 2.06 bits per heavy atom. The lowest BCUT2D eigenvalue weighted by molar-refractivity contribution is -0.0575. The van der Waals surface area contributed by atoms with Crippen LogP contribution in [0, 0.1) is 11.8 Å². The molecule has 2 aliphatic heterocycles. The van der Waals surface area contributed by atoms with E-state index in [1.54, 1.807) is 13.8 Å². The van der Waals surface area contributed by atoms with Gasteiger partial charge in [-0.25, -0.2) is 4.98 Å². The number of hydrogen-bond donors (Lipinski definition) is 3. The van der Waals surface area contributed by atoms with Crippen LogP contribution in [0.3, 0.4) is 0 Å². The van der Waals surface area contributed by atoms with E-state index >= 15 is 0 Å². The van der Waals surface area contributed by atoms with Crippen molar-refractivity contribution in [3.8, 4) is 11.8 Å². The number of aromatic nitrogens is 2. The molecule has 0 saturated carbocycles. The molecule has 2 fully saturated rings. The third-order valence-electron chi connectivity index (χ3n) is 6.68. The molecule has 0 spiro atoms. The smallest absolute Gasteiger partial charge is 0.362 e. The van der Waals surface area contributed by atoms with Crippen molar-refractivity contribution < 1.29 is 33.3 Å². The molecule has 0 radical (unpaired) electrons. The van der Waals surface area contributed by atoms with E-state index in [9.17, 15) is 19.4 Å². The van der Waals surface area contributed by atoms with Crippen LogP contribution in [-0.2, 0) is 23.3 Å². The Labute approximate surface area is 193 Å². The van der Waals surface area contributed by atoms with Gasteiger partial charge in [-0.3, -0.25) is 13.9 Å². The van der Waals surface area contributed by atoms with Crippen molar-refractivity contribution in [2.24, 2.45) is 0 Å². The summed E-state index contributed by atoms with van der Waals surface area (Å²) in [7, 11) is -2.65. The molecule has 10 nitrogen and oxygen atoms in total. The third-order valence-corrected chi connectivity index (χ3v) is 8.92. The van der Waals surface area contributed by atoms with Crippen LogP contribution in [0.4, 0.5) is 0 Å². The Morgan fingerprint density at radius 1 is 1.39 bits per heavy atom. The number of hydrogen-bond acceptors (Lipinski definition) is 8. The minimum absolute atomic E-state index is 0.153. The third kappa shape index (κ3) is 4.96. The van der Waals surface area contributed by atoms with Gasteiger partial charge < -0.3 is 29.2 Å². The van der Waals surface area contributed by atoms with Crippen LogP contribution in [0.5, 0.6) is 0 Å². The number of nitrogens with one attached hydrogen (secondary N) is 1. The lowest BCUT2D eigenvalue weighted by Gasteiger charge is -2.37. The molecule has 2 saturated heterocycles. The van der Waals surface area contributed by atoms with Crippen LogP contribution >= 0.6 is 7.60 Å². The van der Waals surface area contributed by atoms with Gasteiger partial charge in [0.2, 0.25) is 0 Å². The summed E-state index contributed by atoms with van der Waals surface area (Å²) in [6, 6.07) is 0. The zero-order chi connectivity index (χ0) is 24.4. The number of methoxy groups -OCH3 is 1. The molecule has 184 valence electrons. The van der Waals surface area contributed by atoms with Crippen LogP contribution in [-0.4, -0.2) is 62.9 Å². The summed E-state index contributed by atoms with van der Waals surface area (Å²) in [4.78, 5) is 29.3. The van der Waals surface area contributed by atoms with Gasteiger partial charge >= 0.3 is 7.60 Å². The normalized spacial score (nSPS) is 31.0. The van der Waals surface area contributed by atoms with E-state index in [4.69, 9.17) is 18.7 Å². The molecule has 1 aromatic heterocycles. The van der Waals surface area contributed by atoms with E-state index in [0.29, 0.717) is 25.0 Å². The average molecular weight is 484 g/mol. The highest BCUT2D eigenvalue weighted by atomic mass is 31.2. The SMILES string of the molecule is CC#Cc1[nH]c(=O)cnc1C1OC(CC(CC)(CC)OP(=O)(O)C2(CC)CO2)C(O)C1OC. The minimum Gasteiger partial charge on any atom is -0.388 e. The topological polar surface area (TPSA) is 144 Å². The monoisotopic (exact) mass is 484 g/mol. The molecule has 3 rings (SSSR count). The highest BCUT2D eigenvalue weighted by Crippen LogP contribution is 2.67. The molecule has 6 atom stereocenters. The van der Waals surface area contributed by atoms with Crippen molar-refractivity contribution in [1.82, 2.24) is 9.97 Å². The van der Waals surface area contributed by atoms with Crippen LogP contribution in [0.1, 0.15) is 70.9 Å². The second-order valence-corrected chi connectivity index (χ2v) is 10.5. The van der Waals surface area contributed by atoms with Crippen LogP contribution in [0.25, 0.3) is 0 Å². The van der Waals surface area contributed by atoms with Gasteiger partial charge in [-0.2, -0.15) is 0 Å². The molecule has 11 heteroatoms. The summed E-state index contributed by atoms with van der Waals surface area (Å²) in [6.07, 6.45) is -0.936. The molecule has 0 aliphatic carbocycles. The van der Waals surface area contributed by atoms with Gasteiger partial charge in [0.05, 0.1) is 24.5 Å². The summed E-state index contributed by atoms with van der Waals surface area (Å²) in [5.74, 6) is 5.53. The van der Waals surface area contributed by atoms with Crippen molar-refractivity contribution in [2.45, 2.75) is 88.7 Å². The Balaban J connectivity index is 1.89. The van der Waals surface area contributed by atoms with Crippen molar-refractivity contribution >= 4 is 7.60 Å². The van der Waals surface area contributed by atoms with Gasteiger partial charge in [-0.1, -0.05) is 26.7 Å². The first-order valence-corrected chi connectivity index (χ1v) is 12.7. The van der Waals surface area contributed by atoms with E-state index in [0.717, 1.165) is 6.20 Å². The Kier molecular flexibility index (Phi) is 7.86. The second kappa shape index (κ2) is 9.96. The minimum atomic E-state index is -4.09. The number of aliphatic hydroxyl groups is 1. The number of aliphatic hydroxyl groups excluding tert-OH is 1. The van der Waals surface area contributed by atoms with Crippen LogP contribution < -0.4 is 5.56 Å². The largest absolute Gasteiger partial charge is 0.388 e. The maximum Gasteiger partial charge on any atom is 0.362 e. The predicted octanol–water partition coefficient (Wildman–Crippen LogP) is 2.24. The summed E-state index contributed by atoms with van der Waals surface area (Å²) in [6.45, 7) is 7.31. The Hall–Kier alpha value is -1.57. The van der Waals surface area contributed by atoms with Gasteiger partial charge in [0.1, 0.15) is 29.7 Å². The van der Waals surface area contributed by atoms with Crippen molar-refractivity contribution in [3.05, 3.63) is 27.9 Å². The molecule has 3 heterocycles. The zero-order valence-electron chi connectivity index (χ0n) is 19.7. The molecule has 1 aromatic rings. The van der Waals surface area contributed by atoms with E-state index in [1.165, 1.54) is 7.11 Å². The molecule has 3 N–H and O–H groups in total. The van der Waals surface area contributed by atoms with E-state index in [2.05, 4.69) is 21.8 Å². The molecule has 6 unspecified atom stereocenters. The van der Waals surface area contributed by atoms with Gasteiger partial charge in [0.25, 0.3) is 5.56 Å². The Morgan fingerprint density at radius 3 is 2.58 bits per heavy atom.